The average Bonchev–Trinajstić information content (AvgIpc) is 2.92. The van der Waals surface area contributed by atoms with E-state index < -0.39 is 0 Å². The molecule has 0 amide bonds. The van der Waals surface area contributed by atoms with E-state index in [1.807, 2.05) is 11.6 Å². The molecule has 1 atom stereocenters. The summed E-state index contributed by atoms with van der Waals surface area (Å²) in [6, 6.07) is 0. The van der Waals surface area contributed by atoms with Gasteiger partial charge in [-0.05, 0) is 42.6 Å². The van der Waals surface area contributed by atoms with E-state index in [9.17, 15) is 0 Å². The summed E-state index contributed by atoms with van der Waals surface area (Å²) in [4.78, 5) is 0. The van der Waals surface area contributed by atoms with Gasteiger partial charge < -0.3 is 10.1 Å². The molecule has 1 aromatic rings. The first-order valence-electron chi connectivity index (χ1n) is 6.26. The van der Waals surface area contributed by atoms with E-state index in [0.29, 0.717) is 6.10 Å². The van der Waals surface area contributed by atoms with E-state index in [4.69, 9.17) is 4.74 Å². The molecule has 0 spiro atoms. The van der Waals surface area contributed by atoms with Crippen LogP contribution in [0.4, 0.5) is 0 Å². The quantitative estimate of drug-likeness (QED) is 0.906. The van der Waals surface area contributed by atoms with Crippen molar-refractivity contribution in [3.63, 3.8) is 0 Å². The van der Waals surface area contributed by atoms with Crippen molar-refractivity contribution >= 4 is 15.9 Å². The molecule has 1 N–H and O–H groups in total. The fourth-order valence-electron chi connectivity index (χ4n) is 2.19. The first-order chi connectivity index (χ1) is 8.22. The Morgan fingerprint density at radius 1 is 1.59 bits per heavy atom. The highest BCUT2D eigenvalue weighted by atomic mass is 79.9. The Balaban J connectivity index is 1.89. The number of halogens is 1. The van der Waals surface area contributed by atoms with E-state index in [1.54, 1.807) is 0 Å². The highest BCUT2D eigenvalue weighted by molar-refractivity contribution is 9.10. The molecule has 2 heterocycles. The third kappa shape index (κ3) is 3.09. The number of ether oxygens (including phenoxy) is 1. The highest BCUT2D eigenvalue weighted by Crippen LogP contribution is 2.21. The third-order valence-electron chi connectivity index (χ3n) is 3.14. The van der Waals surface area contributed by atoms with E-state index in [2.05, 4.69) is 33.3 Å². The van der Waals surface area contributed by atoms with Gasteiger partial charge in [0.05, 0.1) is 22.0 Å². The molecule has 1 fully saturated rings. The maximum Gasteiger partial charge on any atom is 0.0739 e. The number of nitrogens with zero attached hydrogens (tertiary/aromatic N) is 2. The van der Waals surface area contributed by atoms with Crippen LogP contribution in [0.5, 0.6) is 0 Å². The van der Waals surface area contributed by atoms with Gasteiger partial charge in [0.2, 0.25) is 0 Å². The Bertz CT molecular complexity index is 372. The van der Waals surface area contributed by atoms with Crippen molar-refractivity contribution < 1.29 is 4.74 Å². The van der Waals surface area contributed by atoms with Crippen LogP contribution in [0, 0.1) is 6.92 Å². The van der Waals surface area contributed by atoms with Crippen molar-refractivity contribution in [2.24, 2.45) is 0 Å². The molecular weight excluding hydrogens is 282 g/mol. The summed E-state index contributed by atoms with van der Waals surface area (Å²) in [6.07, 6.45) is 2.77. The molecular formula is C12H20BrN3O. The van der Waals surface area contributed by atoms with Crippen LogP contribution < -0.4 is 5.32 Å². The second-order valence-electron chi connectivity index (χ2n) is 4.43. The molecule has 0 aliphatic carbocycles. The summed E-state index contributed by atoms with van der Waals surface area (Å²) in [5, 5.41) is 7.93. The number of rotatable bonds is 5. The molecule has 0 radical (unpaired) electrons. The van der Waals surface area contributed by atoms with Crippen molar-refractivity contribution in [3.8, 4) is 0 Å². The Labute approximate surface area is 111 Å². The van der Waals surface area contributed by atoms with E-state index in [1.165, 1.54) is 18.5 Å². The Morgan fingerprint density at radius 3 is 3.06 bits per heavy atom. The number of hydrogen-bond acceptors (Lipinski definition) is 3. The second-order valence-corrected chi connectivity index (χ2v) is 5.22. The summed E-state index contributed by atoms with van der Waals surface area (Å²) in [6.45, 7) is 7.74. The predicted octanol–water partition coefficient (Wildman–Crippen LogP) is 2.24. The zero-order valence-electron chi connectivity index (χ0n) is 10.5. The Morgan fingerprint density at radius 2 is 2.41 bits per heavy atom. The summed E-state index contributed by atoms with van der Waals surface area (Å²) < 4.78 is 8.75. The molecule has 2 rings (SSSR count). The fraction of sp³-hybridized carbons (Fsp3) is 0.750. The van der Waals surface area contributed by atoms with Crippen LogP contribution in [0.25, 0.3) is 0 Å². The van der Waals surface area contributed by atoms with Crippen LogP contribution in [0.2, 0.25) is 0 Å². The molecule has 0 aromatic carbocycles. The van der Waals surface area contributed by atoms with Crippen molar-refractivity contribution in [1.29, 1.82) is 0 Å². The molecule has 1 saturated heterocycles. The first kappa shape index (κ1) is 13.1. The van der Waals surface area contributed by atoms with Crippen LogP contribution >= 0.6 is 15.9 Å². The minimum atomic E-state index is 0.396. The molecule has 1 unspecified atom stereocenters. The van der Waals surface area contributed by atoms with Crippen LogP contribution in [-0.4, -0.2) is 29.0 Å². The summed E-state index contributed by atoms with van der Waals surface area (Å²) >= 11 is 3.60. The summed E-state index contributed by atoms with van der Waals surface area (Å²) in [7, 11) is 0. The number of hydrogen-bond donors (Lipinski definition) is 1. The van der Waals surface area contributed by atoms with Crippen LogP contribution in [0.15, 0.2) is 4.47 Å². The van der Waals surface area contributed by atoms with Gasteiger partial charge in [0.15, 0.2) is 0 Å². The van der Waals surface area contributed by atoms with Crippen molar-refractivity contribution in [1.82, 2.24) is 15.1 Å². The molecule has 17 heavy (non-hydrogen) atoms. The van der Waals surface area contributed by atoms with Gasteiger partial charge in [-0.15, -0.1) is 0 Å². The number of aromatic nitrogens is 2. The first-order valence-corrected chi connectivity index (χ1v) is 7.05. The summed E-state index contributed by atoms with van der Waals surface area (Å²) in [5.74, 6) is 0. The van der Waals surface area contributed by atoms with Crippen LogP contribution in [0.1, 0.15) is 31.2 Å². The molecule has 0 bridgehead atoms. The van der Waals surface area contributed by atoms with E-state index in [0.717, 1.165) is 36.4 Å². The Kier molecular flexibility index (Phi) is 4.59. The van der Waals surface area contributed by atoms with Gasteiger partial charge in [0, 0.05) is 26.2 Å². The van der Waals surface area contributed by atoms with Gasteiger partial charge in [-0.3, -0.25) is 4.68 Å². The molecule has 0 saturated carbocycles. The highest BCUT2D eigenvalue weighted by Gasteiger charge is 2.16. The minimum absolute atomic E-state index is 0.396. The lowest BCUT2D eigenvalue weighted by Crippen LogP contribution is -2.27. The van der Waals surface area contributed by atoms with Gasteiger partial charge in [-0.2, -0.15) is 5.10 Å². The average molecular weight is 302 g/mol. The summed E-state index contributed by atoms with van der Waals surface area (Å²) in [5.41, 5.74) is 2.28. The predicted molar refractivity (Wildman–Crippen MR) is 71.0 cm³/mol. The fourth-order valence-corrected chi connectivity index (χ4v) is 2.62. The van der Waals surface area contributed by atoms with Gasteiger partial charge in [0.25, 0.3) is 0 Å². The monoisotopic (exact) mass is 301 g/mol. The zero-order chi connectivity index (χ0) is 12.3. The van der Waals surface area contributed by atoms with Crippen LogP contribution in [0.3, 0.4) is 0 Å². The lowest BCUT2D eigenvalue weighted by molar-refractivity contribution is 0.109. The standard InChI is InChI=1S/C12H20BrN3O/c1-3-16-11(12(13)9(2)15-16)8-14-7-10-5-4-6-17-10/h10,14H,3-8H2,1-2H3. The van der Waals surface area contributed by atoms with Gasteiger partial charge >= 0.3 is 0 Å². The van der Waals surface area contributed by atoms with Gasteiger partial charge in [-0.1, -0.05) is 0 Å². The smallest absolute Gasteiger partial charge is 0.0739 e. The van der Waals surface area contributed by atoms with E-state index in [-0.39, 0.29) is 0 Å². The lowest BCUT2D eigenvalue weighted by atomic mass is 10.2. The number of aryl methyl sites for hydroxylation is 2. The molecule has 4 nitrogen and oxygen atoms in total. The second kappa shape index (κ2) is 5.98. The lowest BCUT2D eigenvalue weighted by Gasteiger charge is -2.11. The van der Waals surface area contributed by atoms with Crippen molar-refractivity contribution in [2.75, 3.05) is 13.2 Å². The molecule has 1 aliphatic heterocycles. The molecule has 5 heteroatoms. The van der Waals surface area contributed by atoms with Crippen LogP contribution in [-0.2, 0) is 17.8 Å². The molecule has 1 aromatic heterocycles. The number of nitrogens with one attached hydrogen (secondary N) is 1. The van der Waals surface area contributed by atoms with Gasteiger partial charge in [-0.25, -0.2) is 0 Å². The SMILES string of the molecule is CCn1nc(C)c(Br)c1CNCC1CCCO1. The minimum Gasteiger partial charge on any atom is -0.377 e. The zero-order valence-corrected chi connectivity index (χ0v) is 12.1. The van der Waals surface area contributed by atoms with Crippen molar-refractivity contribution in [3.05, 3.63) is 15.9 Å². The normalized spacial score (nSPS) is 20.1. The Hall–Kier alpha value is -0.390. The molecule has 1 aliphatic rings. The maximum absolute atomic E-state index is 5.59. The third-order valence-corrected chi connectivity index (χ3v) is 4.17. The van der Waals surface area contributed by atoms with Gasteiger partial charge in [0.1, 0.15) is 0 Å². The molecule has 96 valence electrons. The van der Waals surface area contributed by atoms with E-state index >= 15 is 0 Å². The topological polar surface area (TPSA) is 39.1 Å². The van der Waals surface area contributed by atoms with Crippen molar-refractivity contribution in [2.45, 2.75) is 45.9 Å². The maximum atomic E-state index is 5.59. The largest absolute Gasteiger partial charge is 0.377 e.